The fraction of sp³-hybridized carbons (Fsp3) is 0.529. The third-order valence-electron chi connectivity index (χ3n) is 4.81. The molecule has 0 radical (unpaired) electrons. The molecule has 1 aromatic rings. The van der Waals surface area contributed by atoms with Crippen LogP contribution in [0, 0.1) is 0 Å². The third kappa shape index (κ3) is 3.19. The van der Waals surface area contributed by atoms with Crippen molar-refractivity contribution < 1.29 is 9.53 Å². The van der Waals surface area contributed by atoms with E-state index in [1.807, 2.05) is 31.2 Å². The van der Waals surface area contributed by atoms with Crippen molar-refractivity contribution in [2.75, 3.05) is 12.4 Å². The summed E-state index contributed by atoms with van der Waals surface area (Å²) in [5.41, 5.74) is -0.0364. The number of hydrogen-bond donors (Lipinski definition) is 3. The van der Waals surface area contributed by atoms with Gasteiger partial charge >= 0.3 is 0 Å². The molecule has 1 aliphatic carbocycles. The van der Waals surface area contributed by atoms with E-state index in [2.05, 4.69) is 16.0 Å². The van der Waals surface area contributed by atoms with Crippen LogP contribution in [0.15, 0.2) is 24.3 Å². The normalized spacial score (nSPS) is 30.1. The van der Waals surface area contributed by atoms with Crippen LogP contribution in [0.1, 0.15) is 32.6 Å². The second kappa shape index (κ2) is 6.45. The van der Waals surface area contributed by atoms with Crippen LogP contribution in [0.25, 0.3) is 0 Å². The molecule has 1 aliphatic heterocycles. The van der Waals surface area contributed by atoms with Gasteiger partial charge in [-0.05, 0) is 44.0 Å². The summed E-state index contributed by atoms with van der Waals surface area (Å²) in [6.45, 7) is 1.85. The molecule has 0 spiro atoms. The highest BCUT2D eigenvalue weighted by Gasteiger charge is 2.46. The molecule has 3 atom stereocenters. The Morgan fingerprint density at radius 2 is 1.91 bits per heavy atom. The highest BCUT2D eigenvalue weighted by atomic mass is 32.1. The number of carbonyl (C=O) groups is 1. The number of rotatable bonds is 3. The molecule has 6 heteroatoms. The molecule has 0 aromatic heterocycles. The van der Waals surface area contributed by atoms with E-state index in [0.717, 1.165) is 24.3 Å². The largest absolute Gasteiger partial charge is 0.497 e. The van der Waals surface area contributed by atoms with E-state index in [-0.39, 0.29) is 11.9 Å². The number of amides is 1. The summed E-state index contributed by atoms with van der Waals surface area (Å²) >= 11 is 5.54. The van der Waals surface area contributed by atoms with Crippen LogP contribution in [0.5, 0.6) is 5.75 Å². The Kier molecular flexibility index (Phi) is 4.55. The van der Waals surface area contributed by atoms with Gasteiger partial charge in [0.05, 0.1) is 7.11 Å². The van der Waals surface area contributed by atoms with Crippen molar-refractivity contribution in [3.63, 3.8) is 0 Å². The molecule has 1 saturated heterocycles. The highest BCUT2D eigenvalue weighted by molar-refractivity contribution is 7.80. The van der Waals surface area contributed by atoms with Crippen molar-refractivity contribution in [3.05, 3.63) is 24.3 Å². The molecule has 2 aliphatic rings. The van der Waals surface area contributed by atoms with Crippen LogP contribution < -0.4 is 20.7 Å². The second-order valence-corrected chi connectivity index (χ2v) is 6.83. The highest BCUT2D eigenvalue weighted by Crippen LogP contribution is 2.26. The first-order valence-electron chi connectivity index (χ1n) is 8.07. The molecule has 2 fully saturated rings. The number of nitrogens with one attached hydrogen (secondary N) is 3. The molecule has 1 aromatic carbocycles. The monoisotopic (exact) mass is 333 g/mol. The Labute approximate surface area is 142 Å². The van der Waals surface area contributed by atoms with Gasteiger partial charge in [-0.2, -0.15) is 0 Å². The molecule has 3 N–H and O–H groups in total. The summed E-state index contributed by atoms with van der Waals surface area (Å²) in [4.78, 5) is 13.1. The van der Waals surface area contributed by atoms with E-state index in [4.69, 9.17) is 17.0 Å². The Morgan fingerprint density at radius 1 is 1.26 bits per heavy atom. The summed E-state index contributed by atoms with van der Waals surface area (Å²) in [7, 11) is 1.63. The molecule has 1 amide bonds. The molecule has 0 unspecified atom stereocenters. The predicted molar refractivity (Wildman–Crippen MR) is 94.9 cm³/mol. The lowest BCUT2D eigenvalue weighted by atomic mass is 9.84. The maximum absolute atomic E-state index is 12.6. The first-order chi connectivity index (χ1) is 11.0. The van der Waals surface area contributed by atoms with Gasteiger partial charge in [0.1, 0.15) is 16.3 Å². The minimum Gasteiger partial charge on any atom is -0.497 e. The number of carbonyl (C=O) groups excluding carboxylic acids is 1. The van der Waals surface area contributed by atoms with Gasteiger partial charge in [-0.3, -0.25) is 10.1 Å². The number of thiocarbonyl (C=S) groups is 1. The lowest BCUT2D eigenvalue weighted by Crippen LogP contribution is -2.73. The van der Waals surface area contributed by atoms with Gasteiger partial charge < -0.3 is 15.4 Å². The minimum absolute atomic E-state index is 0.0494. The first kappa shape index (κ1) is 16.2. The SMILES string of the molecule is COc1ccc(NC(=S)[C@]2(C)N[C@@H]3CCCC[C@H]3NC2=O)cc1. The van der Waals surface area contributed by atoms with Crippen LogP contribution >= 0.6 is 12.2 Å². The molecule has 124 valence electrons. The zero-order valence-electron chi connectivity index (χ0n) is 13.5. The average molecular weight is 333 g/mol. The van der Waals surface area contributed by atoms with Gasteiger partial charge in [-0.25, -0.2) is 0 Å². The van der Waals surface area contributed by atoms with E-state index in [1.165, 1.54) is 12.8 Å². The lowest BCUT2D eigenvalue weighted by Gasteiger charge is -2.45. The van der Waals surface area contributed by atoms with E-state index >= 15 is 0 Å². The van der Waals surface area contributed by atoms with E-state index in [0.29, 0.717) is 11.0 Å². The van der Waals surface area contributed by atoms with E-state index in [1.54, 1.807) is 7.11 Å². The molecular weight excluding hydrogens is 310 g/mol. The number of piperazine rings is 1. The molecule has 1 saturated carbocycles. The van der Waals surface area contributed by atoms with Gasteiger partial charge in [-0.1, -0.05) is 25.1 Å². The first-order valence-corrected chi connectivity index (χ1v) is 8.48. The molecule has 5 nitrogen and oxygen atoms in total. The van der Waals surface area contributed by atoms with Crippen LogP contribution in [0.3, 0.4) is 0 Å². The minimum atomic E-state index is -0.881. The zero-order chi connectivity index (χ0) is 16.4. The number of ether oxygens (including phenoxy) is 1. The maximum Gasteiger partial charge on any atom is 0.247 e. The number of benzene rings is 1. The van der Waals surface area contributed by atoms with Gasteiger partial charge in [0.25, 0.3) is 0 Å². The maximum atomic E-state index is 12.6. The summed E-state index contributed by atoms with van der Waals surface area (Å²) < 4.78 is 5.15. The second-order valence-electron chi connectivity index (χ2n) is 6.42. The fourth-order valence-corrected chi connectivity index (χ4v) is 3.59. The summed E-state index contributed by atoms with van der Waals surface area (Å²) in [6, 6.07) is 8.02. The molecule has 1 heterocycles. The Morgan fingerprint density at radius 3 is 2.57 bits per heavy atom. The van der Waals surface area contributed by atoms with Gasteiger partial charge in [0, 0.05) is 17.8 Å². The fourth-order valence-electron chi connectivity index (χ4n) is 3.32. The quantitative estimate of drug-likeness (QED) is 0.741. The van der Waals surface area contributed by atoms with Crippen LogP contribution in [-0.2, 0) is 4.79 Å². The molecule has 3 rings (SSSR count). The summed E-state index contributed by atoms with van der Waals surface area (Å²) in [6.07, 6.45) is 4.48. The number of fused-ring (bicyclic) bond motifs is 1. The number of hydrogen-bond acceptors (Lipinski definition) is 4. The average Bonchev–Trinajstić information content (AvgIpc) is 2.56. The molecular formula is C17H23N3O2S. The Hall–Kier alpha value is -1.66. The number of methoxy groups -OCH3 is 1. The number of anilines is 1. The summed E-state index contributed by atoms with van der Waals surface area (Å²) in [5.74, 6) is 0.734. The van der Waals surface area contributed by atoms with Crippen LogP contribution in [-0.4, -0.2) is 35.6 Å². The zero-order valence-corrected chi connectivity index (χ0v) is 14.3. The standard InChI is InChI=1S/C17H23N3O2S/c1-17(15(21)19-13-5-3-4-6-14(13)20-17)16(23)18-11-7-9-12(22-2)10-8-11/h7-10,13-14,20H,3-6H2,1-2H3,(H,18,23)(H,19,21)/t13-,14-,17-/m1/s1. The van der Waals surface area contributed by atoms with Crippen molar-refractivity contribution in [3.8, 4) is 5.75 Å². The predicted octanol–water partition coefficient (Wildman–Crippen LogP) is 2.22. The van der Waals surface area contributed by atoms with Crippen molar-refractivity contribution >= 4 is 28.8 Å². The van der Waals surface area contributed by atoms with Crippen molar-refractivity contribution in [1.29, 1.82) is 0 Å². The van der Waals surface area contributed by atoms with Gasteiger partial charge in [0.2, 0.25) is 5.91 Å². The van der Waals surface area contributed by atoms with Gasteiger partial charge in [0.15, 0.2) is 0 Å². The van der Waals surface area contributed by atoms with Crippen molar-refractivity contribution in [2.45, 2.75) is 50.2 Å². The molecule has 23 heavy (non-hydrogen) atoms. The van der Waals surface area contributed by atoms with E-state index in [9.17, 15) is 4.79 Å². The lowest BCUT2D eigenvalue weighted by molar-refractivity contribution is -0.128. The van der Waals surface area contributed by atoms with E-state index < -0.39 is 5.54 Å². The smallest absolute Gasteiger partial charge is 0.247 e. The molecule has 0 bridgehead atoms. The topological polar surface area (TPSA) is 62.4 Å². The van der Waals surface area contributed by atoms with Crippen LogP contribution in [0.4, 0.5) is 5.69 Å². The summed E-state index contributed by atoms with van der Waals surface area (Å²) in [5, 5.41) is 9.81. The van der Waals surface area contributed by atoms with Crippen molar-refractivity contribution in [1.82, 2.24) is 10.6 Å². The van der Waals surface area contributed by atoms with Crippen LogP contribution in [0.2, 0.25) is 0 Å². The van der Waals surface area contributed by atoms with Gasteiger partial charge in [-0.15, -0.1) is 0 Å². The third-order valence-corrected chi connectivity index (χ3v) is 5.32. The Bertz CT molecular complexity index is 604. The Balaban J connectivity index is 1.72. The van der Waals surface area contributed by atoms with Crippen molar-refractivity contribution in [2.24, 2.45) is 0 Å².